The first kappa shape index (κ1) is 30.3. The zero-order valence-corrected chi connectivity index (χ0v) is 23.5. The summed E-state index contributed by atoms with van der Waals surface area (Å²) in [4.78, 5) is 61.6. The Morgan fingerprint density at radius 3 is 2.15 bits per heavy atom. The molecule has 8 atom stereocenters. The minimum atomic E-state index is -2.07. The van der Waals surface area contributed by atoms with Crippen LogP contribution < -0.4 is 0 Å². The van der Waals surface area contributed by atoms with Crippen molar-refractivity contribution in [3.63, 3.8) is 0 Å². The van der Waals surface area contributed by atoms with Gasteiger partial charge in [-0.15, -0.1) is 0 Å². The largest absolute Gasteiger partial charge is 0.462 e. The molecule has 3 rings (SSSR count). The first-order valence-corrected chi connectivity index (χ1v) is 13.1. The number of rotatable bonds is 5. The maximum Gasteiger partial charge on any atom is 0.312 e. The molecule has 216 valence electrons. The molecule has 0 spiro atoms. The smallest absolute Gasteiger partial charge is 0.312 e. The average Bonchev–Trinajstić information content (AvgIpc) is 3.03. The minimum Gasteiger partial charge on any atom is -0.462 e. The number of ether oxygens (including phenoxy) is 5. The molecule has 11 heteroatoms. The van der Waals surface area contributed by atoms with Crippen LogP contribution in [0.5, 0.6) is 0 Å². The number of hydrogen-bond acceptors (Lipinski definition) is 11. The molecule has 0 aromatic rings. The molecule has 2 aliphatic carbocycles. The Morgan fingerprint density at radius 2 is 1.59 bits per heavy atom. The van der Waals surface area contributed by atoms with Crippen molar-refractivity contribution in [1.29, 1.82) is 0 Å². The zero-order chi connectivity index (χ0) is 29.3. The summed E-state index contributed by atoms with van der Waals surface area (Å²) < 4.78 is 28.3. The topological polar surface area (TPSA) is 152 Å². The van der Waals surface area contributed by atoms with Crippen LogP contribution >= 0.6 is 0 Å². The van der Waals surface area contributed by atoms with Gasteiger partial charge in [0.25, 0.3) is 0 Å². The van der Waals surface area contributed by atoms with E-state index < -0.39 is 77.1 Å². The van der Waals surface area contributed by atoms with E-state index in [2.05, 4.69) is 0 Å². The molecule has 0 amide bonds. The van der Waals surface area contributed by atoms with Crippen LogP contribution in [0.15, 0.2) is 23.3 Å². The lowest BCUT2D eigenvalue weighted by molar-refractivity contribution is -0.216. The Kier molecular flexibility index (Phi) is 8.94. The third-order valence-electron chi connectivity index (χ3n) is 8.19. The molecule has 3 aliphatic rings. The van der Waals surface area contributed by atoms with E-state index in [-0.39, 0.29) is 25.9 Å². The van der Waals surface area contributed by atoms with Crippen molar-refractivity contribution in [2.24, 2.45) is 17.3 Å². The average molecular weight is 551 g/mol. The number of carbonyl (C=O) groups excluding carboxylic acids is 5. The Balaban J connectivity index is 2.34. The number of aliphatic hydroxyl groups is 1. The molecule has 1 heterocycles. The molecular formula is C28H38O11. The summed E-state index contributed by atoms with van der Waals surface area (Å²) in [7, 11) is 0. The van der Waals surface area contributed by atoms with Crippen LogP contribution in [0.3, 0.4) is 0 Å². The highest BCUT2D eigenvalue weighted by Crippen LogP contribution is 2.55. The summed E-state index contributed by atoms with van der Waals surface area (Å²) in [5.74, 6) is -5.07. The number of hydrogen-bond donors (Lipinski definition) is 1. The second-order valence-electron chi connectivity index (χ2n) is 10.9. The fraction of sp³-hybridized carbons (Fsp3) is 0.679. The zero-order valence-electron chi connectivity index (χ0n) is 23.5. The highest BCUT2D eigenvalue weighted by molar-refractivity contribution is 5.78. The molecule has 1 saturated heterocycles. The van der Waals surface area contributed by atoms with E-state index in [0.29, 0.717) is 11.1 Å². The van der Waals surface area contributed by atoms with E-state index >= 15 is 0 Å². The van der Waals surface area contributed by atoms with Gasteiger partial charge in [0.15, 0.2) is 11.7 Å². The molecular weight excluding hydrogens is 512 g/mol. The van der Waals surface area contributed by atoms with Crippen molar-refractivity contribution in [3.05, 3.63) is 23.3 Å². The lowest BCUT2D eigenvalue weighted by Gasteiger charge is -2.54. The van der Waals surface area contributed by atoms with Gasteiger partial charge in [-0.05, 0) is 38.3 Å². The molecule has 0 bridgehead atoms. The van der Waals surface area contributed by atoms with Crippen LogP contribution in [0.2, 0.25) is 0 Å². The maximum absolute atomic E-state index is 12.9. The van der Waals surface area contributed by atoms with Crippen LogP contribution in [0.4, 0.5) is 0 Å². The van der Waals surface area contributed by atoms with E-state index in [1.165, 1.54) is 40.7 Å². The Labute approximate surface area is 227 Å². The molecule has 1 fully saturated rings. The second kappa shape index (κ2) is 11.5. The van der Waals surface area contributed by atoms with Crippen molar-refractivity contribution in [1.82, 2.24) is 0 Å². The van der Waals surface area contributed by atoms with Crippen molar-refractivity contribution < 1.29 is 52.8 Å². The van der Waals surface area contributed by atoms with Crippen LogP contribution in [-0.2, 0) is 47.7 Å². The van der Waals surface area contributed by atoms with Crippen molar-refractivity contribution in [2.45, 2.75) is 97.7 Å². The molecule has 1 aliphatic heterocycles. The van der Waals surface area contributed by atoms with Gasteiger partial charge in [-0.25, -0.2) is 0 Å². The van der Waals surface area contributed by atoms with E-state index in [1.807, 2.05) is 6.08 Å². The van der Waals surface area contributed by atoms with Gasteiger partial charge in [0.2, 0.25) is 0 Å². The van der Waals surface area contributed by atoms with Gasteiger partial charge in [-0.2, -0.15) is 0 Å². The standard InChI is InChI=1S/C28H38O11/c1-14-8-10-21(36-17(4)30)27(7)22(37-18(5)31)11-9-20(13-35-16(3)29)12-23-28(34,15(2)26(33)39-23)25(24(14)27)38-19(6)32/h8,12,15,21-25,34H,9-11,13H2,1-7H3/b20-12+/t15-,21+,22-,23-,24+,25-,27+,28-/m0/s1. The lowest BCUT2D eigenvalue weighted by atomic mass is 9.56. The maximum atomic E-state index is 12.9. The van der Waals surface area contributed by atoms with Gasteiger partial charge >= 0.3 is 29.8 Å². The minimum absolute atomic E-state index is 0.161. The van der Waals surface area contributed by atoms with Gasteiger partial charge in [-0.3, -0.25) is 24.0 Å². The molecule has 39 heavy (non-hydrogen) atoms. The van der Waals surface area contributed by atoms with Gasteiger partial charge in [0, 0.05) is 40.0 Å². The van der Waals surface area contributed by atoms with Crippen molar-refractivity contribution in [3.8, 4) is 0 Å². The van der Waals surface area contributed by atoms with Gasteiger partial charge in [-0.1, -0.05) is 18.6 Å². The first-order valence-electron chi connectivity index (χ1n) is 13.1. The summed E-state index contributed by atoms with van der Waals surface area (Å²) in [6, 6.07) is 0. The summed E-state index contributed by atoms with van der Waals surface area (Å²) in [6.45, 7) is 9.85. The van der Waals surface area contributed by atoms with Crippen molar-refractivity contribution >= 4 is 29.8 Å². The summed E-state index contributed by atoms with van der Waals surface area (Å²) >= 11 is 0. The molecule has 0 saturated carbocycles. The lowest BCUT2D eigenvalue weighted by Crippen LogP contribution is -2.65. The predicted molar refractivity (Wildman–Crippen MR) is 135 cm³/mol. The van der Waals surface area contributed by atoms with Crippen LogP contribution in [0.25, 0.3) is 0 Å². The Bertz CT molecular complexity index is 1090. The predicted octanol–water partition coefficient (Wildman–Crippen LogP) is 2.33. The highest BCUT2D eigenvalue weighted by atomic mass is 16.6. The van der Waals surface area contributed by atoms with Crippen LogP contribution in [0.1, 0.15) is 67.7 Å². The summed E-state index contributed by atoms with van der Waals surface area (Å²) in [6.07, 6.45) is -0.259. The third kappa shape index (κ3) is 5.88. The fourth-order valence-electron chi connectivity index (χ4n) is 6.28. The summed E-state index contributed by atoms with van der Waals surface area (Å²) in [5, 5.41) is 12.4. The molecule has 0 aromatic heterocycles. The van der Waals surface area contributed by atoms with Gasteiger partial charge < -0.3 is 28.8 Å². The van der Waals surface area contributed by atoms with Crippen LogP contribution in [-0.4, -0.2) is 71.6 Å². The second-order valence-corrected chi connectivity index (χ2v) is 10.9. The fourth-order valence-corrected chi connectivity index (χ4v) is 6.28. The summed E-state index contributed by atoms with van der Waals surface area (Å²) in [5.41, 5.74) is -2.08. The van der Waals surface area contributed by atoms with Crippen molar-refractivity contribution in [2.75, 3.05) is 6.61 Å². The molecule has 0 aromatic carbocycles. The monoisotopic (exact) mass is 550 g/mol. The Hall–Kier alpha value is -3.21. The molecule has 1 N–H and O–H groups in total. The number of esters is 5. The van der Waals surface area contributed by atoms with Gasteiger partial charge in [0.1, 0.15) is 24.9 Å². The number of fused-ring (bicyclic) bond motifs is 2. The van der Waals surface area contributed by atoms with E-state index in [9.17, 15) is 29.1 Å². The van der Waals surface area contributed by atoms with E-state index in [1.54, 1.807) is 13.8 Å². The molecule has 0 unspecified atom stereocenters. The number of carbonyl (C=O) groups is 5. The van der Waals surface area contributed by atoms with Crippen LogP contribution in [0, 0.1) is 17.3 Å². The van der Waals surface area contributed by atoms with Gasteiger partial charge in [0.05, 0.1) is 11.3 Å². The Morgan fingerprint density at radius 1 is 1.00 bits per heavy atom. The van der Waals surface area contributed by atoms with E-state index in [4.69, 9.17) is 23.7 Å². The normalized spacial score (nSPS) is 37.5. The van der Waals surface area contributed by atoms with E-state index in [0.717, 1.165) is 0 Å². The highest BCUT2D eigenvalue weighted by Gasteiger charge is 2.67. The SMILES string of the molecule is CC(=O)OC/C1=C/[C@@H]2OC(=O)[C@H](C)[C@@]2(O)[C@@H](OC(C)=O)[C@H]2C(C)=CC[C@@H](OC(C)=O)[C@]2(C)[C@@H](OC(C)=O)CC1. The molecule has 0 radical (unpaired) electrons. The quantitative estimate of drug-likeness (QED) is 0.305. The third-order valence-corrected chi connectivity index (χ3v) is 8.19. The first-order chi connectivity index (χ1) is 18.1. The molecule has 11 nitrogen and oxygen atoms in total.